The summed E-state index contributed by atoms with van der Waals surface area (Å²) in [6, 6.07) is 17.3. The van der Waals surface area contributed by atoms with Gasteiger partial charge in [0, 0.05) is 27.4 Å². The quantitative estimate of drug-likeness (QED) is 0.450. The molecule has 0 radical (unpaired) electrons. The van der Waals surface area contributed by atoms with Gasteiger partial charge in [0.1, 0.15) is 5.56 Å². The van der Waals surface area contributed by atoms with Crippen LogP contribution in [0.1, 0.15) is 38.1 Å². The first kappa shape index (κ1) is 19.8. The van der Waals surface area contributed by atoms with Gasteiger partial charge in [-0.2, -0.15) is 0 Å². The van der Waals surface area contributed by atoms with Crippen LogP contribution in [0.15, 0.2) is 60.7 Å². The van der Waals surface area contributed by atoms with Gasteiger partial charge in [-0.05, 0) is 30.3 Å². The average molecular weight is 424 g/mol. The summed E-state index contributed by atoms with van der Waals surface area (Å²) in [5.74, 6) is 0.00175. The van der Waals surface area contributed by atoms with E-state index in [-0.39, 0.29) is 5.78 Å². The number of cyclic esters (lactones) is 1. The summed E-state index contributed by atoms with van der Waals surface area (Å²) < 4.78 is 16.1. The molecule has 1 atom stereocenters. The number of ketones is 1. The van der Waals surface area contributed by atoms with Crippen molar-refractivity contribution < 1.29 is 23.8 Å². The average Bonchev–Trinajstić information content (AvgIpc) is 3.09. The minimum atomic E-state index is -0.796. The van der Waals surface area contributed by atoms with Gasteiger partial charge in [0.15, 0.2) is 17.3 Å². The van der Waals surface area contributed by atoms with Gasteiger partial charge in [0.25, 0.3) is 0 Å². The molecule has 0 spiro atoms. The van der Waals surface area contributed by atoms with E-state index in [9.17, 15) is 9.59 Å². The Morgan fingerprint density at radius 2 is 1.80 bits per heavy atom. The number of hydrogen-bond donors (Lipinski definition) is 1. The molecule has 30 heavy (non-hydrogen) atoms. The molecule has 0 fully saturated rings. The number of carbonyl (C=O) groups is 2. The second-order valence-electron chi connectivity index (χ2n) is 6.58. The highest BCUT2D eigenvalue weighted by atomic mass is 35.5. The zero-order valence-corrected chi connectivity index (χ0v) is 17.0. The first-order chi connectivity index (χ1) is 14.5. The Morgan fingerprint density at radius 3 is 2.50 bits per heavy atom. The lowest BCUT2D eigenvalue weighted by atomic mass is 10.0. The van der Waals surface area contributed by atoms with Gasteiger partial charge in [-0.1, -0.05) is 41.9 Å². The summed E-state index contributed by atoms with van der Waals surface area (Å²) in [6.45, 7) is 0. The maximum Gasteiger partial charge on any atom is 0.344 e. The first-order valence-corrected chi connectivity index (χ1v) is 9.53. The minimum Gasteiger partial charge on any atom is -0.493 e. The van der Waals surface area contributed by atoms with Crippen LogP contribution in [0.25, 0.3) is 0 Å². The minimum absolute atomic E-state index is 0.197. The van der Waals surface area contributed by atoms with Gasteiger partial charge in [-0.15, -0.1) is 0 Å². The summed E-state index contributed by atoms with van der Waals surface area (Å²) >= 11 is 6.15. The van der Waals surface area contributed by atoms with Crippen molar-refractivity contribution >= 4 is 29.0 Å². The Labute approximate surface area is 178 Å². The molecule has 1 heterocycles. The Hall–Kier alpha value is -3.51. The number of hydrogen-bond acceptors (Lipinski definition) is 6. The van der Waals surface area contributed by atoms with E-state index in [1.807, 2.05) is 6.07 Å². The topological polar surface area (TPSA) is 73.9 Å². The molecular formula is C23H18ClNO5. The molecular weight excluding hydrogens is 406 g/mol. The maximum atomic E-state index is 13.0. The fourth-order valence-electron chi connectivity index (χ4n) is 3.42. The smallest absolute Gasteiger partial charge is 0.344 e. The molecule has 6 nitrogen and oxygen atoms in total. The number of benzene rings is 3. The molecule has 3 aromatic rings. The van der Waals surface area contributed by atoms with E-state index < -0.39 is 12.2 Å². The number of halogens is 1. The standard InChI is InChI=1S/C23H18ClNO5/c1-28-18-11-9-15-19(21(18)29-2)23(27)30-22(15)25-17-10-8-14(24)12-16(17)20(26)13-6-4-3-5-7-13/h3-12,22,25H,1-2H3/t22-/m0/s1. The Balaban J connectivity index is 1.72. The van der Waals surface area contributed by atoms with Crippen molar-refractivity contribution in [3.63, 3.8) is 0 Å². The van der Waals surface area contributed by atoms with Crippen molar-refractivity contribution in [3.8, 4) is 11.5 Å². The highest BCUT2D eigenvalue weighted by Crippen LogP contribution is 2.42. The van der Waals surface area contributed by atoms with Gasteiger partial charge in [0.05, 0.1) is 14.2 Å². The molecule has 0 saturated carbocycles. The largest absolute Gasteiger partial charge is 0.493 e. The summed E-state index contributed by atoms with van der Waals surface area (Å²) in [6.07, 6.45) is -0.796. The summed E-state index contributed by atoms with van der Waals surface area (Å²) in [5, 5.41) is 3.57. The summed E-state index contributed by atoms with van der Waals surface area (Å²) in [7, 11) is 2.96. The zero-order valence-electron chi connectivity index (χ0n) is 16.3. The van der Waals surface area contributed by atoms with E-state index in [1.54, 1.807) is 54.6 Å². The van der Waals surface area contributed by atoms with Crippen LogP contribution in [0.2, 0.25) is 5.02 Å². The predicted molar refractivity (Wildman–Crippen MR) is 113 cm³/mol. The predicted octanol–water partition coefficient (Wildman–Crippen LogP) is 4.87. The number of esters is 1. The lowest BCUT2D eigenvalue weighted by Gasteiger charge is -2.18. The van der Waals surface area contributed by atoms with Crippen LogP contribution in [-0.4, -0.2) is 26.0 Å². The van der Waals surface area contributed by atoms with Gasteiger partial charge < -0.3 is 19.5 Å². The summed E-state index contributed by atoms with van der Waals surface area (Å²) in [5.41, 5.74) is 2.27. The summed E-state index contributed by atoms with van der Waals surface area (Å²) in [4.78, 5) is 25.6. The van der Waals surface area contributed by atoms with Crippen LogP contribution in [0.5, 0.6) is 11.5 Å². The Bertz CT molecular complexity index is 1130. The van der Waals surface area contributed by atoms with Crippen LogP contribution in [0.4, 0.5) is 5.69 Å². The van der Waals surface area contributed by atoms with Crippen LogP contribution in [0, 0.1) is 0 Å². The van der Waals surface area contributed by atoms with E-state index in [0.29, 0.717) is 44.5 Å². The zero-order chi connectivity index (χ0) is 21.3. The van der Waals surface area contributed by atoms with Gasteiger partial charge in [-0.3, -0.25) is 4.79 Å². The van der Waals surface area contributed by atoms with E-state index >= 15 is 0 Å². The molecule has 1 N–H and O–H groups in total. The van der Waals surface area contributed by atoms with Crippen LogP contribution < -0.4 is 14.8 Å². The third-order valence-corrected chi connectivity index (χ3v) is 5.07. The monoisotopic (exact) mass is 423 g/mol. The third kappa shape index (κ3) is 3.46. The lowest BCUT2D eigenvalue weighted by molar-refractivity contribution is 0.0435. The van der Waals surface area contributed by atoms with Crippen LogP contribution in [-0.2, 0) is 4.74 Å². The Kier molecular flexibility index (Phi) is 5.33. The van der Waals surface area contributed by atoms with Crippen molar-refractivity contribution in [1.82, 2.24) is 0 Å². The molecule has 0 bridgehead atoms. The molecule has 0 aliphatic carbocycles. The number of anilines is 1. The molecule has 1 aliphatic rings. The van der Waals surface area contributed by atoms with E-state index in [2.05, 4.69) is 5.32 Å². The fraction of sp³-hybridized carbons (Fsp3) is 0.130. The first-order valence-electron chi connectivity index (χ1n) is 9.15. The molecule has 0 amide bonds. The molecule has 152 valence electrons. The highest BCUT2D eigenvalue weighted by molar-refractivity contribution is 6.31. The second kappa shape index (κ2) is 8.08. The van der Waals surface area contributed by atoms with Crippen molar-refractivity contribution in [2.24, 2.45) is 0 Å². The van der Waals surface area contributed by atoms with Crippen LogP contribution in [0.3, 0.4) is 0 Å². The van der Waals surface area contributed by atoms with E-state index in [4.69, 9.17) is 25.8 Å². The SMILES string of the molecule is COc1ccc2c(c1OC)C(=O)O[C@@H]2Nc1ccc(Cl)cc1C(=O)c1ccccc1. The van der Waals surface area contributed by atoms with Crippen molar-refractivity contribution in [2.75, 3.05) is 19.5 Å². The number of fused-ring (bicyclic) bond motifs is 1. The van der Waals surface area contributed by atoms with Gasteiger partial charge in [-0.25, -0.2) is 4.79 Å². The van der Waals surface area contributed by atoms with E-state index in [0.717, 1.165) is 0 Å². The molecule has 0 unspecified atom stereocenters. The van der Waals surface area contributed by atoms with E-state index in [1.165, 1.54) is 14.2 Å². The second-order valence-corrected chi connectivity index (χ2v) is 7.02. The lowest BCUT2D eigenvalue weighted by Crippen LogP contribution is -2.14. The van der Waals surface area contributed by atoms with Crippen molar-refractivity contribution in [2.45, 2.75) is 6.23 Å². The van der Waals surface area contributed by atoms with Crippen LogP contribution >= 0.6 is 11.6 Å². The molecule has 0 saturated heterocycles. The third-order valence-electron chi connectivity index (χ3n) is 4.84. The van der Waals surface area contributed by atoms with Crippen molar-refractivity contribution in [1.29, 1.82) is 0 Å². The normalized spacial score (nSPS) is 14.6. The number of methoxy groups -OCH3 is 2. The Morgan fingerprint density at radius 1 is 1.03 bits per heavy atom. The van der Waals surface area contributed by atoms with Crippen molar-refractivity contribution in [3.05, 3.63) is 87.9 Å². The molecule has 7 heteroatoms. The molecule has 4 rings (SSSR count). The fourth-order valence-corrected chi connectivity index (χ4v) is 3.60. The molecule has 1 aliphatic heterocycles. The van der Waals surface area contributed by atoms with Gasteiger partial charge >= 0.3 is 5.97 Å². The highest BCUT2D eigenvalue weighted by Gasteiger charge is 2.36. The molecule has 0 aromatic heterocycles. The molecule has 3 aromatic carbocycles. The number of ether oxygens (including phenoxy) is 3. The number of nitrogens with one attached hydrogen (secondary N) is 1. The number of carbonyl (C=O) groups excluding carboxylic acids is 2. The number of rotatable bonds is 6. The maximum absolute atomic E-state index is 13.0. The van der Waals surface area contributed by atoms with Gasteiger partial charge in [0.2, 0.25) is 6.23 Å².